The van der Waals surface area contributed by atoms with Gasteiger partial charge < -0.3 is 4.98 Å². The highest BCUT2D eigenvalue weighted by atomic mass is 32.1. The van der Waals surface area contributed by atoms with Crippen LogP contribution in [0, 0.1) is 10.6 Å². The summed E-state index contributed by atoms with van der Waals surface area (Å²) in [6.07, 6.45) is 4.89. The summed E-state index contributed by atoms with van der Waals surface area (Å²) in [7, 11) is 1.78. The van der Waals surface area contributed by atoms with Crippen LogP contribution in [0.5, 0.6) is 0 Å². The molecule has 0 saturated carbocycles. The molecule has 1 N–H and O–H groups in total. The van der Waals surface area contributed by atoms with Gasteiger partial charge in [0.25, 0.3) is 0 Å². The summed E-state index contributed by atoms with van der Waals surface area (Å²) in [5, 5.41) is 4.53. The molecule has 17 heavy (non-hydrogen) atoms. The Morgan fingerprint density at radius 3 is 2.94 bits per heavy atom. The summed E-state index contributed by atoms with van der Waals surface area (Å²) in [6.45, 7) is 0. The number of H-pyrrole nitrogens is 1. The normalized spacial score (nSPS) is 11.2. The first-order chi connectivity index (χ1) is 8.18. The van der Waals surface area contributed by atoms with E-state index >= 15 is 0 Å². The quantitative estimate of drug-likeness (QED) is 0.672. The van der Waals surface area contributed by atoms with E-state index in [1.165, 1.54) is 6.20 Å². The number of aromatic nitrogens is 4. The number of nitrogens with zero attached hydrogens (tertiary/aromatic N) is 3. The van der Waals surface area contributed by atoms with Crippen LogP contribution in [0.4, 0.5) is 4.39 Å². The van der Waals surface area contributed by atoms with Gasteiger partial charge in [-0.15, -0.1) is 0 Å². The number of hydrogen-bond acceptors (Lipinski definition) is 2. The molecule has 3 aromatic rings. The molecule has 0 bridgehead atoms. The van der Waals surface area contributed by atoms with Crippen molar-refractivity contribution >= 4 is 23.1 Å². The van der Waals surface area contributed by atoms with Gasteiger partial charge in [-0.2, -0.15) is 5.10 Å². The predicted octanol–water partition coefficient (Wildman–Crippen LogP) is 2.56. The Morgan fingerprint density at radius 2 is 2.24 bits per heavy atom. The highest BCUT2D eigenvalue weighted by Gasteiger charge is 2.11. The van der Waals surface area contributed by atoms with E-state index in [0.717, 1.165) is 5.52 Å². The van der Waals surface area contributed by atoms with Crippen molar-refractivity contribution in [1.29, 1.82) is 0 Å². The van der Waals surface area contributed by atoms with E-state index in [2.05, 4.69) is 10.1 Å². The molecule has 2 heterocycles. The van der Waals surface area contributed by atoms with Crippen LogP contribution in [0.1, 0.15) is 0 Å². The standard InChI is InChI=1S/C11H9FN4S/c1-15-8-2-3-9(10(12)7(8)6-14-15)16-5-4-13-11(16)17/h2-6H,1H3,(H,13,17). The first-order valence-electron chi connectivity index (χ1n) is 5.05. The number of fused-ring (bicyclic) bond motifs is 1. The van der Waals surface area contributed by atoms with Gasteiger partial charge in [-0.3, -0.25) is 9.25 Å². The molecule has 2 aromatic heterocycles. The minimum atomic E-state index is -0.314. The van der Waals surface area contributed by atoms with Crippen LogP contribution in [-0.4, -0.2) is 19.3 Å². The Bertz CT molecular complexity index is 752. The van der Waals surface area contributed by atoms with Gasteiger partial charge in [0.05, 0.1) is 22.8 Å². The Morgan fingerprint density at radius 1 is 1.41 bits per heavy atom. The van der Waals surface area contributed by atoms with Gasteiger partial charge >= 0.3 is 0 Å². The number of halogens is 1. The molecule has 1 aromatic carbocycles. The first kappa shape index (κ1) is 10.2. The summed E-state index contributed by atoms with van der Waals surface area (Å²) >= 11 is 5.07. The molecule has 0 aliphatic rings. The maximum atomic E-state index is 14.3. The maximum absolute atomic E-state index is 14.3. The number of nitrogens with one attached hydrogen (secondary N) is 1. The third-order valence-electron chi connectivity index (χ3n) is 2.75. The van der Waals surface area contributed by atoms with E-state index in [4.69, 9.17) is 12.2 Å². The smallest absolute Gasteiger partial charge is 0.181 e. The molecule has 0 amide bonds. The molecule has 0 aliphatic heterocycles. The second-order valence-electron chi connectivity index (χ2n) is 3.73. The number of aromatic amines is 1. The number of imidazole rings is 1. The minimum absolute atomic E-state index is 0.314. The molecule has 0 fully saturated rings. The minimum Gasteiger partial charge on any atom is -0.337 e. The molecule has 6 heteroatoms. The highest BCUT2D eigenvalue weighted by molar-refractivity contribution is 7.71. The van der Waals surface area contributed by atoms with Crippen molar-refractivity contribution in [2.75, 3.05) is 0 Å². The van der Waals surface area contributed by atoms with Crippen LogP contribution < -0.4 is 0 Å². The van der Waals surface area contributed by atoms with E-state index < -0.39 is 0 Å². The molecule has 0 atom stereocenters. The van der Waals surface area contributed by atoms with Crippen molar-refractivity contribution < 1.29 is 4.39 Å². The third-order valence-corrected chi connectivity index (χ3v) is 3.07. The average molecular weight is 248 g/mol. The largest absolute Gasteiger partial charge is 0.337 e. The van der Waals surface area contributed by atoms with Crippen molar-refractivity contribution in [3.63, 3.8) is 0 Å². The van der Waals surface area contributed by atoms with Crippen LogP contribution >= 0.6 is 12.2 Å². The number of aryl methyl sites for hydroxylation is 1. The lowest BCUT2D eigenvalue weighted by atomic mass is 10.2. The fourth-order valence-corrected chi connectivity index (χ4v) is 2.11. The lowest BCUT2D eigenvalue weighted by molar-refractivity contribution is 0.629. The number of benzene rings is 1. The molecule has 3 rings (SSSR count). The monoisotopic (exact) mass is 248 g/mol. The summed E-state index contributed by atoms with van der Waals surface area (Å²) in [4.78, 5) is 2.84. The van der Waals surface area contributed by atoms with E-state index in [1.54, 1.807) is 34.8 Å². The van der Waals surface area contributed by atoms with Gasteiger partial charge in [-0.1, -0.05) is 0 Å². The Balaban J connectivity index is 2.36. The SMILES string of the molecule is Cn1ncc2c(F)c(-n3cc[nH]c3=S)ccc21. The second-order valence-corrected chi connectivity index (χ2v) is 4.12. The fourth-order valence-electron chi connectivity index (χ4n) is 1.88. The van der Waals surface area contributed by atoms with Crippen LogP contribution in [0.3, 0.4) is 0 Å². The summed E-state index contributed by atoms with van der Waals surface area (Å²) in [5.74, 6) is -0.314. The number of hydrogen-bond donors (Lipinski definition) is 1. The molecular weight excluding hydrogens is 239 g/mol. The predicted molar refractivity (Wildman–Crippen MR) is 65.2 cm³/mol. The van der Waals surface area contributed by atoms with Gasteiger partial charge in [-0.25, -0.2) is 4.39 Å². The van der Waals surface area contributed by atoms with Crippen molar-refractivity contribution in [3.8, 4) is 5.69 Å². The Hall–Kier alpha value is -1.95. The van der Waals surface area contributed by atoms with Gasteiger partial charge in [-0.05, 0) is 24.4 Å². The van der Waals surface area contributed by atoms with Crippen molar-refractivity contribution in [3.05, 3.63) is 41.3 Å². The zero-order chi connectivity index (χ0) is 12.0. The summed E-state index contributed by atoms with van der Waals surface area (Å²) < 4.78 is 18.0. The molecule has 0 spiro atoms. The van der Waals surface area contributed by atoms with E-state index in [9.17, 15) is 4.39 Å². The third kappa shape index (κ3) is 1.41. The topological polar surface area (TPSA) is 38.5 Å². The number of rotatable bonds is 1. The van der Waals surface area contributed by atoms with E-state index in [0.29, 0.717) is 15.8 Å². The molecule has 0 unspecified atom stereocenters. The lowest BCUT2D eigenvalue weighted by Crippen LogP contribution is -1.97. The molecule has 0 radical (unpaired) electrons. The zero-order valence-corrected chi connectivity index (χ0v) is 9.83. The summed E-state index contributed by atoms with van der Waals surface area (Å²) in [5.41, 5.74) is 1.19. The van der Waals surface area contributed by atoms with Crippen molar-refractivity contribution in [1.82, 2.24) is 19.3 Å². The fraction of sp³-hybridized carbons (Fsp3) is 0.0909. The van der Waals surface area contributed by atoms with Crippen LogP contribution in [0.25, 0.3) is 16.6 Å². The lowest BCUT2D eigenvalue weighted by Gasteiger charge is -2.05. The summed E-state index contributed by atoms with van der Waals surface area (Å²) in [6, 6.07) is 3.53. The maximum Gasteiger partial charge on any atom is 0.181 e. The zero-order valence-electron chi connectivity index (χ0n) is 9.01. The first-order valence-corrected chi connectivity index (χ1v) is 5.46. The molecule has 0 aliphatic carbocycles. The highest BCUT2D eigenvalue weighted by Crippen LogP contribution is 2.23. The molecule has 86 valence electrons. The van der Waals surface area contributed by atoms with Crippen LogP contribution in [0.15, 0.2) is 30.7 Å². The average Bonchev–Trinajstić information content (AvgIpc) is 2.88. The van der Waals surface area contributed by atoms with Gasteiger partial charge in [0, 0.05) is 19.4 Å². The van der Waals surface area contributed by atoms with E-state index in [1.807, 2.05) is 6.07 Å². The second kappa shape index (κ2) is 3.53. The molecular formula is C11H9FN4S. The molecule has 4 nitrogen and oxygen atoms in total. The van der Waals surface area contributed by atoms with E-state index in [-0.39, 0.29) is 5.82 Å². The van der Waals surface area contributed by atoms with Crippen LogP contribution in [-0.2, 0) is 7.05 Å². The Labute approximate surface area is 101 Å². The van der Waals surface area contributed by atoms with Crippen molar-refractivity contribution in [2.45, 2.75) is 0 Å². The van der Waals surface area contributed by atoms with Gasteiger partial charge in [0.1, 0.15) is 0 Å². The van der Waals surface area contributed by atoms with Crippen LogP contribution in [0.2, 0.25) is 0 Å². The Kier molecular flexibility index (Phi) is 2.12. The van der Waals surface area contributed by atoms with Crippen molar-refractivity contribution in [2.24, 2.45) is 7.05 Å². The van der Waals surface area contributed by atoms with Gasteiger partial charge in [0.2, 0.25) is 0 Å². The van der Waals surface area contributed by atoms with Gasteiger partial charge in [0.15, 0.2) is 10.6 Å². The molecule has 0 saturated heterocycles.